The summed E-state index contributed by atoms with van der Waals surface area (Å²) in [5.41, 5.74) is 4.37. The number of carbonyl (C=O) groups excluding carboxylic acids is 1. The second-order valence-electron chi connectivity index (χ2n) is 5.79. The van der Waals surface area contributed by atoms with E-state index in [1.165, 1.54) is 4.88 Å². The maximum Gasteiger partial charge on any atom is 0.252 e. The SMILES string of the molecule is Cc1ccc(/C=N\NC(=O)C2c3ccccc3Oc3ccccc32)s1. The van der Waals surface area contributed by atoms with Gasteiger partial charge < -0.3 is 4.74 Å². The molecule has 0 saturated heterocycles. The van der Waals surface area contributed by atoms with Crippen LogP contribution in [0.25, 0.3) is 0 Å². The first kappa shape index (κ1) is 15.6. The molecule has 0 unspecified atom stereocenters. The summed E-state index contributed by atoms with van der Waals surface area (Å²) in [5.74, 6) is 0.800. The molecule has 3 aromatic rings. The molecule has 5 heteroatoms. The van der Waals surface area contributed by atoms with Crippen molar-refractivity contribution in [2.45, 2.75) is 12.8 Å². The van der Waals surface area contributed by atoms with Crippen LogP contribution in [-0.2, 0) is 4.79 Å². The minimum Gasteiger partial charge on any atom is -0.457 e. The van der Waals surface area contributed by atoms with Crippen LogP contribution in [0.3, 0.4) is 0 Å². The molecule has 0 aliphatic carbocycles. The predicted octanol–water partition coefficient (Wildman–Crippen LogP) is 4.44. The lowest BCUT2D eigenvalue weighted by atomic mass is 9.87. The fourth-order valence-electron chi connectivity index (χ4n) is 2.94. The number of hydrogen-bond donors (Lipinski definition) is 1. The van der Waals surface area contributed by atoms with E-state index in [-0.39, 0.29) is 5.91 Å². The van der Waals surface area contributed by atoms with E-state index in [9.17, 15) is 4.79 Å². The average Bonchev–Trinajstić information content (AvgIpc) is 3.04. The molecule has 2 aromatic carbocycles. The summed E-state index contributed by atoms with van der Waals surface area (Å²) in [6.07, 6.45) is 1.67. The molecule has 0 radical (unpaired) electrons. The van der Waals surface area contributed by atoms with Crippen molar-refractivity contribution >= 4 is 23.5 Å². The molecule has 124 valence electrons. The molecule has 2 heterocycles. The molecular weight excluding hydrogens is 332 g/mol. The van der Waals surface area contributed by atoms with Gasteiger partial charge in [-0.2, -0.15) is 5.10 Å². The van der Waals surface area contributed by atoms with Crippen molar-refractivity contribution < 1.29 is 9.53 Å². The minimum atomic E-state index is -0.441. The third-order valence-corrected chi connectivity index (χ3v) is 5.01. The highest BCUT2D eigenvalue weighted by atomic mass is 32.1. The number of carbonyl (C=O) groups is 1. The van der Waals surface area contributed by atoms with Gasteiger partial charge in [-0.3, -0.25) is 4.79 Å². The van der Waals surface area contributed by atoms with Crippen molar-refractivity contribution in [2.75, 3.05) is 0 Å². The summed E-state index contributed by atoms with van der Waals surface area (Å²) in [4.78, 5) is 15.1. The molecule has 4 nitrogen and oxygen atoms in total. The Balaban J connectivity index is 1.62. The van der Waals surface area contributed by atoms with E-state index in [4.69, 9.17) is 4.74 Å². The van der Waals surface area contributed by atoms with Crippen molar-refractivity contribution in [2.24, 2.45) is 5.10 Å². The monoisotopic (exact) mass is 348 g/mol. The number of ether oxygens (including phenoxy) is 1. The molecule has 1 aliphatic rings. The van der Waals surface area contributed by atoms with Gasteiger partial charge >= 0.3 is 0 Å². The van der Waals surface area contributed by atoms with Crippen LogP contribution in [0.15, 0.2) is 65.8 Å². The van der Waals surface area contributed by atoms with Crippen LogP contribution in [0.4, 0.5) is 0 Å². The Kier molecular flexibility index (Phi) is 4.07. The summed E-state index contributed by atoms with van der Waals surface area (Å²) < 4.78 is 5.92. The van der Waals surface area contributed by atoms with Crippen LogP contribution in [0.2, 0.25) is 0 Å². The Morgan fingerprint density at radius 1 is 1.04 bits per heavy atom. The van der Waals surface area contributed by atoms with E-state index in [1.807, 2.05) is 67.6 Å². The first-order valence-corrected chi connectivity index (χ1v) is 8.79. The highest BCUT2D eigenvalue weighted by molar-refractivity contribution is 7.13. The van der Waals surface area contributed by atoms with Gasteiger partial charge in [0, 0.05) is 20.9 Å². The topological polar surface area (TPSA) is 50.7 Å². The normalized spacial score (nSPS) is 13.2. The molecule has 25 heavy (non-hydrogen) atoms. The minimum absolute atomic E-state index is 0.173. The lowest BCUT2D eigenvalue weighted by molar-refractivity contribution is -0.121. The number of hydrogen-bond acceptors (Lipinski definition) is 4. The molecule has 1 aromatic heterocycles. The van der Waals surface area contributed by atoms with Crippen molar-refractivity contribution in [1.82, 2.24) is 5.43 Å². The number of thiophene rings is 1. The van der Waals surface area contributed by atoms with E-state index >= 15 is 0 Å². The van der Waals surface area contributed by atoms with Gasteiger partial charge in [0.2, 0.25) is 0 Å². The molecule has 0 bridgehead atoms. The molecule has 1 aliphatic heterocycles. The number of rotatable bonds is 3. The number of nitrogens with zero attached hydrogens (tertiary/aromatic N) is 1. The van der Waals surface area contributed by atoms with Gasteiger partial charge in [-0.1, -0.05) is 36.4 Å². The molecule has 0 atom stereocenters. The van der Waals surface area contributed by atoms with Crippen LogP contribution < -0.4 is 10.2 Å². The molecule has 0 spiro atoms. The number of fused-ring (bicyclic) bond motifs is 2. The zero-order valence-electron chi connectivity index (χ0n) is 13.6. The third kappa shape index (κ3) is 3.06. The lowest BCUT2D eigenvalue weighted by Gasteiger charge is -2.26. The summed E-state index contributed by atoms with van der Waals surface area (Å²) in [6.45, 7) is 2.04. The van der Waals surface area contributed by atoms with Gasteiger partial charge in [0.1, 0.15) is 11.5 Å². The van der Waals surface area contributed by atoms with Crippen LogP contribution in [0, 0.1) is 6.92 Å². The Morgan fingerprint density at radius 3 is 2.28 bits per heavy atom. The van der Waals surface area contributed by atoms with Crippen molar-refractivity contribution in [3.63, 3.8) is 0 Å². The number of amides is 1. The van der Waals surface area contributed by atoms with Crippen molar-refractivity contribution in [3.05, 3.63) is 81.5 Å². The van der Waals surface area contributed by atoms with Crippen LogP contribution in [0.5, 0.6) is 11.5 Å². The quantitative estimate of drug-likeness (QED) is 0.562. The summed E-state index contributed by atoms with van der Waals surface area (Å²) >= 11 is 1.63. The largest absolute Gasteiger partial charge is 0.457 e. The summed E-state index contributed by atoms with van der Waals surface area (Å²) in [7, 11) is 0. The van der Waals surface area contributed by atoms with E-state index in [0.717, 1.165) is 16.0 Å². The fraction of sp³-hybridized carbons (Fsp3) is 0.100. The van der Waals surface area contributed by atoms with Gasteiger partial charge in [0.15, 0.2) is 0 Å². The number of benzene rings is 2. The maximum absolute atomic E-state index is 12.8. The maximum atomic E-state index is 12.8. The van der Waals surface area contributed by atoms with Gasteiger partial charge in [-0.15, -0.1) is 11.3 Å². The highest BCUT2D eigenvalue weighted by Crippen LogP contribution is 2.43. The van der Waals surface area contributed by atoms with Crippen LogP contribution >= 0.6 is 11.3 Å². The van der Waals surface area contributed by atoms with Crippen molar-refractivity contribution in [3.8, 4) is 11.5 Å². The first-order chi connectivity index (χ1) is 12.2. The third-order valence-electron chi connectivity index (χ3n) is 4.07. The second-order valence-corrected chi connectivity index (χ2v) is 7.11. The molecule has 1 amide bonds. The number of para-hydroxylation sites is 2. The Morgan fingerprint density at radius 2 is 1.68 bits per heavy atom. The number of hydrazone groups is 1. The Bertz CT molecular complexity index is 916. The summed E-state index contributed by atoms with van der Waals surface area (Å²) in [5, 5.41) is 4.12. The van der Waals surface area contributed by atoms with Gasteiger partial charge in [-0.25, -0.2) is 5.43 Å². The molecule has 1 N–H and O–H groups in total. The smallest absolute Gasteiger partial charge is 0.252 e. The standard InChI is InChI=1S/C20H16N2O2S/c1-13-10-11-14(25-13)12-21-22-20(23)19-15-6-2-4-8-17(15)24-18-9-5-3-7-16(18)19/h2-12,19H,1H3,(H,22,23)/b21-12-. The molecule has 0 saturated carbocycles. The number of nitrogens with one attached hydrogen (secondary N) is 1. The Hall–Kier alpha value is -2.92. The summed E-state index contributed by atoms with van der Waals surface area (Å²) in [6, 6.07) is 19.2. The van der Waals surface area contributed by atoms with Gasteiger partial charge in [0.25, 0.3) is 5.91 Å². The second kappa shape index (κ2) is 6.53. The van der Waals surface area contributed by atoms with Gasteiger partial charge in [-0.05, 0) is 31.2 Å². The predicted molar refractivity (Wildman–Crippen MR) is 99.6 cm³/mol. The van der Waals surface area contributed by atoms with Crippen LogP contribution in [-0.4, -0.2) is 12.1 Å². The van der Waals surface area contributed by atoms with E-state index in [1.54, 1.807) is 17.6 Å². The fourth-order valence-corrected chi connectivity index (χ4v) is 3.69. The lowest BCUT2D eigenvalue weighted by Crippen LogP contribution is -2.28. The van der Waals surface area contributed by atoms with Crippen LogP contribution in [0.1, 0.15) is 26.8 Å². The number of aryl methyl sites for hydroxylation is 1. The first-order valence-electron chi connectivity index (χ1n) is 7.97. The molecule has 4 rings (SSSR count). The molecule has 0 fully saturated rings. The Labute approximate surface area is 149 Å². The highest BCUT2D eigenvalue weighted by Gasteiger charge is 2.32. The van der Waals surface area contributed by atoms with Gasteiger partial charge in [0.05, 0.1) is 12.1 Å². The average molecular weight is 348 g/mol. The zero-order valence-corrected chi connectivity index (χ0v) is 14.4. The van der Waals surface area contributed by atoms with E-state index in [2.05, 4.69) is 10.5 Å². The van der Waals surface area contributed by atoms with E-state index < -0.39 is 5.92 Å². The van der Waals surface area contributed by atoms with E-state index in [0.29, 0.717) is 11.5 Å². The van der Waals surface area contributed by atoms with Crippen molar-refractivity contribution in [1.29, 1.82) is 0 Å². The molecular formula is C20H16N2O2S. The zero-order chi connectivity index (χ0) is 17.2.